The highest BCUT2D eigenvalue weighted by molar-refractivity contribution is 7.89. The van der Waals surface area contributed by atoms with Crippen molar-refractivity contribution < 1.29 is 26.8 Å². The number of primary sulfonamides is 1. The zero-order chi connectivity index (χ0) is 26.8. The van der Waals surface area contributed by atoms with Crippen LogP contribution in [0.5, 0.6) is 0 Å². The molecule has 0 unspecified atom stereocenters. The summed E-state index contributed by atoms with van der Waals surface area (Å²) in [6.45, 7) is 4.92. The van der Waals surface area contributed by atoms with Crippen molar-refractivity contribution in [2.75, 3.05) is 12.3 Å². The van der Waals surface area contributed by atoms with Crippen LogP contribution >= 0.6 is 11.6 Å². The molecule has 2 aromatic carbocycles. The second kappa shape index (κ2) is 10.5. The van der Waals surface area contributed by atoms with Crippen LogP contribution in [-0.4, -0.2) is 48.4 Å². The van der Waals surface area contributed by atoms with Crippen LogP contribution in [0, 0.1) is 17.0 Å². The topological polar surface area (TPSA) is 136 Å². The average Bonchev–Trinajstić information content (AvgIpc) is 3.10. The normalized spacial score (nSPS) is 13.0. The number of nitrogens with one attached hydrogen (secondary N) is 2. The van der Waals surface area contributed by atoms with Gasteiger partial charge >= 0.3 is 0 Å². The Morgan fingerprint density at radius 2 is 1.81 bits per heavy atom. The summed E-state index contributed by atoms with van der Waals surface area (Å²) < 4.78 is 51.8. The summed E-state index contributed by atoms with van der Waals surface area (Å²) in [5.41, 5.74) is -0.320. The highest BCUT2D eigenvalue weighted by atomic mass is 35.5. The van der Waals surface area contributed by atoms with E-state index >= 15 is 0 Å². The number of hydrogen-bond acceptors (Lipinski definition) is 5. The summed E-state index contributed by atoms with van der Waals surface area (Å²) in [6.07, 6.45) is 0. The molecule has 0 saturated heterocycles. The van der Waals surface area contributed by atoms with Crippen molar-refractivity contribution in [2.24, 2.45) is 10.6 Å². The fourth-order valence-electron chi connectivity index (χ4n) is 3.57. The third kappa shape index (κ3) is 6.77. The van der Waals surface area contributed by atoms with E-state index in [0.717, 1.165) is 6.07 Å². The number of fused-ring (bicyclic) bond motifs is 1. The summed E-state index contributed by atoms with van der Waals surface area (Å²) in [4.78, 5) is 26.1. The molecule has 13 heteroatoms. The summed E-state index contributed by atoms with van der Waals surface area (Å²) in [6, 6.07) is 6.92. The molecule has 0 radical (unpaired) electrons. The monoisotopic (exact) mass is 541 g/mol. The number of hydrogen-bond donors (Lipinski definition) is 3. The van der Waals surface area contributed by atoms with E-state index in [0.29, 0.717) is 5.56 Å². The van der Waals surface area contributed by atoms with Gasteiger partial charge in [-0.15, -0.1) is 0 Å². The van der Waals surface area contributed by atoms with Crippen LogP contribution in [0.3, 0.4) is 0 Å². The second-order valence-corrected chi connectivity index (χ2v) is 11.5. The van der Waals surface area contributed by atoms with Crippen LogP contribution in [0.2, 0.25) is 5.02 Å². The number of aromatic nitrogens is 2. The maximum Gasteiger partial charge on any atom is 0.273 e. The molecule has 9 nitrogen and oxygen atoms in total. The number of rotatable bonds is 8. The molecule has 0 fully saturated rings. The SMILES string of the molecule is CC(C)(C)[C@H](NC(=O)c1nn(Cc2ccc(F)cc2)c2c(F)cc(Cl)cc12)C(=O)NCCS(N)(=O)=O. The molecular weight excluding hydrogens is 516 g/mol. The van der Waals surface area contributed by atoms with Crippen LogP contribution in [0.4, 0.5) is 8.78 Å². The minimum absolute atomic E-state index is 0.0128. The fourth-order valence-corrected chi connectivity index (χ4v) is 4.16. The van der Waals surface area contributed by atoms with E-state index in [1.165, 1.54) is 35.0 Å². The minimum Gasteiger partial charge on any atom is -0.353 e. The highest BCUT2D eigenvalue weighted by Gasteiger charge is 2.34. The molecule has 0 spiro atoms. The van der Waals surface area contributed by atoms with Crippen molar-refractivity contribution >= 4 is 44.3 Å². The molecule has 3 aromatic rings. The minimum atomic E-state index is -3.79. The van der Waals surface area contributed by atoms with Crippen LogP contribution in [0.25, 0.3) is 10.9 Å². The lowest BCUT2D eigenvalue weighted by atomic mass is 9.86. The number of amides is 2. The largest absolute Gasteiger partial charge is 0.353 e. The Labute approximate surface area is 212 Å². The zero-order valence-electron chi connectivity index (χ0n) is 19.8. The average molecular weight is 542 g/mol. The maximum atomic E-state index is 14.9. The number of carbonyl (C=O) groups excluding carboxylic acids is 2. The van der Waals surface area contributed by atoms with Gasteiger partial charge in [-0.05, 0) is 35.2 Å². The Hall–Kier alpha value is -3.09. The molecule has 0 saturated carbocycles. The maximum absolute atomic E-state index is 14.9. The van der Waals surface area contributed by atoms with Gasteiger partial charge in [-0.2, -0.15) is 5.10 Å². The Bertz CT molecular complexity index is 1400. The lowest BCUT2D eigenvalue weighted by Gasteiger charge is -2.30. The molecule has 2 amide bonds. The first kappa shape index (κ1) is 27.5. The lowest BCUT2D eigenvalue weighted by molar-refractivity contribution is -0.125. The van der Waals surface area contributed by atoms with Gasteiger partial charge in [-0.25, -0.2) is 22.3 Å². The molecular formula is C23H26ClF2N5O4S. The van der Waals surface area contributed by atoms with Gasteiger partial charge in [0.2, 0.25) is 15.9 Å². The first-order valence-corrected chi connectivity index (χ1v) is 12.9. The number of sulfonamides is 1. The third-order valence-corrected chi connectivity index (χ3v) is 6.30. The summed E-state index contributed by atoms with van der Waals surface area (Å²) in [5, 5.41) is 14.5. The first-order chi connectivity index (χ1) is 16.7. The molecule has 0 aliphatic rings. The van der Waals surface area contributed by atoms with Gasteiger partial charge < -0.3 is 10.6 Å². The van der Waals surface area contributed by atoms with Crippen LogP contribution in [-0.2, 0) is 21.4 Å². The lowest BCUT2D eigenvalue weighted by Crippen LogP contribution is -2.54. The molecule has 36 heavy (non-hydrogen) atoms. The van der Waals surface area contributed by atoms with Crippen LogP contribution in [0.15, 0.2) is 36.4 Å². The van der Waals surface area contributed by atoms with Crippen molar-refractivity contribution in [2.45, 2.75) is 33.4 Å². The van der Waals surface area contributed by atoms with Gasteiger partial charge in [0.15, 0.2) is 11.5 Å². The number of nitrogens with zero attached hydrogens (tertiary/aromatic N) is 2. The standard InChI is InChI=1S/C23H26ClF2N5O4S/c1-23(2,3)20(22(33)28-8-9-36(27,34)35)29-21(32)18-16-10-14(24)11-17(26)19(16)31(30-18)12-13-4-6-15(25)7-5-13/h4-7,10-11,20H,8-9,12H2,1-3H3,(H,28,33)(H,29,32)(H2,27,34,35)/t20-/m1/s1. The van der Waals surface area contributed by atoms with Crippen molar-refractivity contribution in [3.8, 4) is 0 Å². The fraction of sp³-hybridized carbons (Fsp3) is 0.348. The van der Waals surface area contributed by atoms with E-state index in [-0.39, 0.29) is 34.7 Å². The van der Waals surface area contributed by atoms with Crippen molar-refractivity contribution in [3.63, 3.8) is 0 Å². The Morgan fingerprint density at radius 1 is 1.17 bits per heavy atom. The van der Waals surface area contributed by atoms with Crippen molar-refractivity contribution in [3.05, 3.63) is 64.3 Å². The van der Waals surface area contributed by atoms with E-state index in [1.54, 1.807) is 20.8 Å². The Morgan fingerprint density at radius 3 is 2.39 bits per heavy atom. The van der Waals surface area contributed by atoms with Gasteiger partial charge in [0.25, 0.3) is 5.91 Å². The van der Waals surface area contributed by atoms with Gasteiger partial charge in [0, 0.05) is 17.0 Å². The molecule has 194 valence electrons. The molecule has 1 heterocycles. The van der Waals surface area contributed by atoms with Gasteiger partial charge in [0.05, 0.1) is 12.3 Å². The van der Waals surface area contributed by atoms with E-state index < -0.39 is 50.7 Å². The predicted molar refractivity (Wildman–Crippen MR) is 132 cm³/mol. The number of nitrogens with two attached hydrogens (primary N) is 1. The van der Waals surface area contributed by atoms with E-state index in [1.807, 2.05) is 0 Å². The number of halogens is 3. The van der Waals surface area contributed by atoms with Crippen LogP contribution < -0.4 is 15.8 Å². The van der Waals surface area contributed by atoms with E-state index in [9.17, 15) is 26.8 Å². The zero-order valence-corrected chi connectivity index (χ0v) is 21.4. The highest BCUT2D eigenvalue weighted by Crippen LogP contribution is 2.28. The molecule has 0 bridgehead atoms. The second-order valence-electron chi connectivity index (χ2n) is 9.35. The predicted octanol–water partition coefficient (Wildman–Crippen LogP) is 2.57. The summed E-state index contributed by atoms with van der Waals surface area (Å²) in [7, 11) is -3.79. The summed E-state index contributed by atoms with van der Waals surface area (Å²) >= 11 is 6.04. The molecule has 0 aliphatic heterocycles. The number of benzene rings is 2. The quantitative estimate of drug-likeness (QED) is 0.402. The Kier molecular flexibility index (Phi) is 8.01. The van der Waals surface area contributed by atoms with Crippen LogP contribution in [0.1, 0.15) is 36.8 Å². The van der Waals surface area contributed by atoms with Gasteiger partial charge in [-0.1, -0.05) is 44.5 Å². The summed E-state index contributed by atoms with van der Waals surface area (Å²) in [5.74, 6) is -3.00. The van der Waals surface area contributed by atoms with E-state index in [4.69, 9.17) is 16.7 Å². The van der Waals surface area contributed by atoms with Crippen molar-refractivity contribution in [1.82, 2.24) is 20.4 Å². The van der Waals surface area contributed by atoms with Gasteiger partial charge in [-0.3, -0.25) is 14.3 Å². The molecule has 1 atom stereocenters. The van der Waals surface area contributed by atoms with Gasteiger partial charge in [0.1, 0.15) is 17.4 Å². The molecule has 4 N–H and O–H groups in total. The third-order valence-electron chi connectivity index (χ3n) is 5.31. The molecule has 1 aromatic heterocycles. The number of carbonyl (C=O) groups is 2. The van der Waals surface area contributed by atoms with E-state index in [2.05, 4.69) is 15.7 Å². The Balaban J connectivity index is 1.95. The van der Waals surface area contributed by atoms with Crippen molar-refractivity contribution in [1.29, 1.82) is 0 Å². The first-order valence-electron chi connectivity index (χ1n) is 10.8. The molecule has 3 rings (SSSR count). The molecule has 0 aliphatic carbocycles. The smallest absolute Gasteiger partial charge is 0.273 e.